The van der Waals surface area contributed by atoms with E-state index in [1.54, 1.807) is 0 Å². The monoisotopic (exact) mass is 345 g/mol. The SMILES string of the molecule is C[C@@H](NC(=O)NC1CCCCC1)[C@@H](c1ccccc1)N1CCOCC1. The van der Waals surface area contributed by atoms with Crippen LogP contribution in [0, 0.1) is 0 Å². The summed E-state index contributed by atoms with van der Waals surface area (Å²) in [6.07, 6.45) is 5.95. The average Bonchev–Trinajstić information content (AvgIpc) is 2.64. The zero-order chi connectivity index (χ0) is 17.5. The molecule has 0 radical (unpaired) electrons. The van der Waals surface area contributed by atoms with Crippen molar-refractivity contribution >= 4 is 6.03 Å². The van der Waals surface area contributed by atoms with Gasteiger partial charge in [0.05, 0.1) is 19.3 Å². The molecule has 1 aliphatic carbocycles. The fourth-order valence-corrected chi connectivity index (χ4v) is 4.08. The Morgan fingerprint density at radius 1 is 1.12 bits per heavy atom. The number of hydrogen-bond acceptors (Lipinski definition) is 3. The molecule has 2 atom stereocenters. The van der Waals surface area contributed by atoms with Crippen molar-refractivity contribution in [1.29, 1.82) is 0 Å². The van der Waals surface area contributed by atoms with E-state index in [9.17, 15) is 4.79 Å². The maximum absolute atomic E-state index is 12.5. The zero-order valence-corrected chi connectivity index (χ0v) is 15.2. The fourth-order valence-electron chi connectivity index (χ4n) is 4.08. The molecule has 3 rings (SSSR count). The lowest BCUT2D eigenvalue weighted by Gasteiger charge is -2.38. The third-order valence-electron chi connectivity index (χ3n) is 5.35. The number of benzene rings is 1. The van der Waals surface area contributed by atoms with Crippen molar-refractivity contribution < 1.29 is 9.53 Å². The summed E-state index contributed by atoms with van der Waals surface area (Å²) in [5.41, 5.74) is 1.25. The van der Waals surface area contributed by atoms with Crippen molar-refractivity contribution in [2.45, 2.75) is 57.2 Å². The first-order valence-electron chi connectivity index (χ1n) is 9.68. The summed E-state index contributed by atoms with van der Waals surface area (Å²) in [5.74, 6) is 0. The number of ether oxygens (including phenoxy) is 1. The summed E-state index contributed by atoms with van der Waals surface area (Å²) in [7, 11) is 0. The second kappa shape index (κ2) is 9.20. The van der Waals surface area contributed by atoms with Gasteiger partial charge in [0.15, 0.2) is 0 Å². The second-order valence-corrected chi connectivity index (χ2v) is 7.25. The lowest BCUT2D eigenvalue weighted by molar-refractivity contribution is 0.00958. The van der Waals surface area contributed by atoms with Gasteiger partial charge in [0.2, 0.25) is 0 Å². The Bertz CT molecular complexity index is 525. The maximum atomic E-state index is 12.5. The van der Waals surface area contributed by atoms with Crippen LogP contribution in [-0.2, 0) is 4.74 Å². The molecular formula is C20H31N3O2. The van der Waals surface area contributed by atoms with Crippen LogP contribution in [0.2, 0.25) is 0 Å². The smallest absolute Gasteiger partial charge is 0.315 e. The van der Waals surface area contributed by atoms with Gasteiger partial charge in [0.1, 0.15) is 0 Å². The van der Waals surface area contributed by atoms with Gasteiger partial charge in [-0.25, -0.2) is 4.79 Å². The first kappa shape index (κ1) is 18.2. The molecule has 0 spiro atoms. The number of hydrogen-bond donors (Lipinski definition) is 2. The molecule has 5 nitrogen and oxygen atoms in total. The molecule has 1 aromatic carbocycles. The van der Waals surface area contributed by atoms with Crippen LogP contribution in [-0.4, -0.2) is 49.3 Å². The molecule has 1 heterocycles. The number of nitrogens with zero attached hydrogens (tertiary/aromatic N) is 1. The standard InChI is InChI=1S/C20H31N3O2/c1-16(21-20(24)22-18-10-6-3-7-11-18)19(17-8-4-2-5-9-17)23-12-14-25-15-13-23/h2,4-5,8-9,16,18-19H,3,6-7,10-15H2,1H3,(H2,21,22,24)/t16-,19+/m1/s1. The molecule has 2 aliphatic rings. The van der Waals surface area contributed by atoms with E-state index in [0.29, 0.717) is 6.04 Å². The number of nitrogens with one attached hydrogen (secondary N) is 2. The summed E-state index contributed by atoms with van der Waals surface area (Å²) in [6.45, 7) is 5.41. The van der Waals surface area contributed by atoms with E-state index in [1.165, 1.54) is 24.8 Å². The number of urea groups is 1. The number of morpholine rings is 1. The Morgan fingerprint density at radius 3 is 2.48 bits per heavy atom. The Labute approximate surface area is 151 Å². The highest BCUT2D eigenvalue weighted by molar-refractivity contribution is 5.74. The van der Waals surface area contributed by atoms with E-state index in [1.807, 2.05) is 6.07 Å². The molecule has 2 N–H and O–H groups in total. The Balaban J connectivity index is 1.63. The van der Waals surface area contributed by atoms with Gasteiger partial charge in [-0.1, -0.05) is 49.6 Å². The zero-order valence-electron chi connectivity index (χ0n) is 15.2. The van der Waals surface area contributed by atoms with Crippen LogP contribution in [0.1, 0.15) is 50.6 Å². The minimum absolute atomic E-state index is 0.0316. The number of rotatable bonds is 5. The molecule has 25 heavy (non-hydrogen) atoms. The summed E-state index contributed by atoms with van der Waals surface area (Å²) in [6, 6.07) is 11.0. The van der Waals surface area contributed by atoms with Crippen LogP contribution in [0.3, 0.4) is 0 Å². The molecule has 0 bridgehead atoms. The molecule has 1 aromatic rings. The first-order chi connectivity index (χ1) is 12.2. The van der Waals surface area contributed by atoms with Gasteiger partial charge in [-0.15, -0.1) is 0 Å². The van der Waals surface area contributed by atoms with E-state index >= 15 is 0 Å². The van der Waals surface area contributed by atoms with Crippen molar-refractivity contribution in [1.82, 2.24) is 15.5 Å². The van der Waals surface area contributed by atoms with Gasteiger partial charge in [0, 0.05) is 25.2 Å². The number of amides is 2. The number of carbonyl (C=O) groups is 1. The van der Waals surface area contributed by atoms with E-state index in [4.69, 9.17) is 4.74 Å². The molecular weight excluding hydrogens is 314 g/mol. The van der Waals surface area contributed by atoms with Crippen LogP contribution < -0.4 is 10.6 Å². The minimum atomic E-state index is -0.0337. The highest BCUT2D eigenvalue weighted by Gasteiger charge is 2.29. The van der Waals surface area contributed by atoms with Gasteiger partial charge in [-0.05, 0) is 25.3 Å². The van der Waals surface area contributed by atoms with Gasteiger partial charge in [0.25, 0.3) is 0 Å². The molecule has 138 valence electrons. The second-order valence-electron chi connectivity index (χ2n) is 7.25. The normalized spacial score (nSPS) is 22.1. The fraction of sp³-hybridized carbons (Fsp3) is 0.650. The molecule has 2 amide bonds. The lowest BCUT2D eigenvalue weighted by atomic mass is 9.95. The van der Waals surface area contributed by atoms with Crippen molar-refractivity contribution in [3.05, 3.63) is 35.9 Å². The largest absolute Gasteiger partial charge is 0.379 e. The Morgan fingerprint density at radius 2 is 1.80 bits per heavy atom. The topological polar surface area (TPSA) is 53.6 Å². The van der Waals surface area contributed by atoms with Gasteiger partial charge in [-0.3, -0.25) is 4.90 Å². The molecule has 2 fully saturated rings. The molecule has 1 saturated carbocycles. The maximum Gasteiger partial charge on any atom is 0.315 e. The molecule has 0 unspecified atom stereocenters. The lowest BCUT2D eigenvalue weighted by Crippen LogP contribution is -2.52. The minimum Gasteiger partial charge on any atom is -0.379 e. The van der Waals surface area contributed by atoms with E-state index in [2.05, 4.69) is 46.7 Å². The quantitative estimate of drug-likeness (QED) is 0.862. The van der Waals surface area contributed by atoms with Crippen LogP contribution in [0.25, 0.3) is 0 Å². The van der Waals surface area contributed by atoms with Gasteiger partial charge in [-0.2, -0.15) is 0 Å². The average molecular weight is 345 g/mol. The van der Waals surface area contributed by atoms with E-state index < -0.39 is 0 Å². The van der Waals surface area contributed by atoms with Crippen molar-refractivity contribution in [3.63, 3.8) is 0 Å². The Hall–Kier alpha value is -1.59. The molecule has 0 aromatic heterocycles. The summed E-state index contributed by atoms with van der Waals surface area (Å²) in [4.78, 5) is 14.9. The van der Waals surface area contributed by atoms with Crippen molar-refractivity contribution in [2.24, 2.45) is 0 Å². The van der Waals surface area contributed by atoms with Crippen LogP contribution >= 0.6 is 0 Å². The van der Waals surface area contributed by atoms with Crippen molar-refractivity contribution in [3.8, 4) is 0 Å². The summed E-state index contributed by atoms with van der Waals surface area (Å²) < 4.78 is 5.51. The van der Waals surface area contributed by atoms with Gasteiger partial charge < -0.3 is 15.4 Å². The molecule has 1 aliphatic heterocycles. The third-order valence-corrected chi connectivity index (χ3v) is 5.35. The van der Waals surface area contributed by atoms with Gasteiger partial charge >= 0.3 is 6.03 Å². The van der Waals surface area contributed by atoms with Crippen LogP contribution in [0.15, 0.2) is 30.3 Å². The highest BCUT2D eigenvalue weighted by atomic mass is 16.5. The molecule has 1 saturated heterocycles. The first-order valence-corrected chi connectivity index (χ1v) is 9.68. The van der Waals surface area contributed by atoms with E-state index in [0.717, 1.165) is 39.1 Å². The molecule has 5 heteroatoms. The predicted octanol–water partition coefficient (Wildman–Crippen LogP) is 3.08. The van der Waals surface area contributed by atoms with Crippen LogP contribution in [0.4, 0.5) is 4.79 Å². The van der Waals surface area contributed by atoms with Crippen molar-refractivity contribution in [2.75, 3.05) is 26.3 Å². The number of carbonyl (C=O) groups excluding carboxylic acids is 1. The summed E-state index contributed by atoms with van der Waals surface area (Å²) in [5, 5.41) is 6.36. The van der Waals surface area contributed by atoms with Crippen LogP contribution in [0.5, 0.6) is 0 Å². The predicted molar refractivity (Wildman–Crippen MR) is 99.6 cm³/mol. The highest BCUT2D eigenvalue weighted by Crippen LogP contribution is 2.25. The summed E-state index contributed by atoms with van der Waals surface area (Å²) >= 11 is 0. The Kier molecular flexibility index (Phi) is 6.70. The third kappa shape index (κ3) is 5.19. The van der Waals surface area contributed by atoms with E-state index in [-0.39, 0.29) is 18.1 Å².